The smallest absolute Gasteiger partial charge is 0.239 e. The van der Waals surface area contributed by atoms with Crippen molar-refractivity contribution >= 4 is 11.6 Å². The van der Waals surface area contributed by atoms with Gasteiger partial charge in [0, 0.05) is 12.2 Å². The van der Waals surface area contributed by atoms with Crippen molar-refractivity contribution in [3.05, 3.63) is 29.6 Å². The second-order valence-electron chi connectivity index (χ2n) is 3.15. The Kier molecular flexibility index (Phi) is 4.28. The van der Waals surface area contributed by atoms with Crippen molar-refractivity contribution in [1.82, 2.24) is 5.32 Å². The number of benzene rings is 1. The molecule has 4 nitrogen and oxygen atoms in total. The van der Waals surface area contributed by atoms with E-state index in [4.69, 9.17) is 5.26 Å². The number of rotatable bonds is 4. The largest absolute Gasteiger partial charge is 0.376 e. The number of halogens is 1. The van der Waals surface area contributed by atoms with Gasteiger partial charge in [0.05, 0.1) is 18.2 Å². The van der Waals surface area contributed by atoms with E-state index in [1.165, 1.54) is 12.1 Å². The van der Waals surface area contributed by atoms with E-state index >= 15 is 0 Å². The third-order valence-electron chi connectivity index (χ3n) is 1.85. The fourth-order valence-corrected chi connectivity index (χ4v) is 1.20. The Morgan fingerprint density at radius 2 is 2.25 bits per heavy atom. The van der Waals surface area contributed by atoms with Crippen LogP contribution in [0.25, 0.3) is 0 Å². The molecule has 0 unspecified atom stereocenters. The number of amides is 1. The average molecular weight is 221 g/mol. The van der Waals surface area contributed by atoms with Gasteiger partial charge in [0.15, 0.2) is 0 Å². The van der Waals surface area contributed by atoms with Crippen molar-refractivity contribution in [1.29, 1.82) is 5.26 Å². The molecule has 0 heterocycles. The lowest BCUT2D eigenvalue weighted by molar-refractivity contribution is -0.119. The number of carbonyl (C=O) groups excluding carboxylic acids is 1. The lowest BCUT2D eigenvalue weighted by atomic mass is 10.2. The first-order chi connectivity index (χ1) is 7.65. The van der Waals surface area contributed by atoms with Gasteiger partial charge in [0.1, 0.15) is 5.82 Å². The van der Waals surface area contributed by atoms with E-state index in [2.05, 4.69) is 10.6 Å². The molecule has 2 N–H and O–H groups in total. The van der Waals surface area contributed by atoms with Crippen LogP contribution in [0.5, 0.6) is 0 Å². The number of carbonyl (C=O) groups is 1. The maximum Gasteiger partial charge on any atom is 0.239 e. The molecule has 0 aliphatic heterocycles. The van der Waals surface area contributed by atoms with Crippen molar-refractivity contribution in [2.75, 3.05) is 18.4 Å². The summed E-state index contributed by atoms with van der Waals surface area (Å²) in [5, 5.41) is 14.0. The molecule has 1 rings (SSSR count). The number of anilines is 1. The van der Waals surface area contributed by atoms with Crippen molar-refractivity contribution < 1.29 is 9.18 Å². The molecule has 1 aromatic carbocycles. The molecule has 1 amide bonds. The summed E-state index contributed by atoms with van der Waals surface area (Å²) in [6, 6.07) is 5.70. The second kappa shape index (κ2) is 5.71. The van der Waals surface area contributed by atoms with Crippen LogP contribution in [-0.2, 0) is 4.79 Å². The summed E-state index contributed by atoms with van der Waals surface area (Å²) in [6.45, 7) is 2.42. The van der Waals surface area contributed by atoms with Crippen molar-refractivity contribution in [3.8, 4) is 6.07 Å². The van der Waals surface area contributed by atoms with Crippen LogP contribution in [0.4, 0.5) is 10.1 Å². The predicted molar refractivity (Wildman–Crippen MR) is 58.3 cm³/mol. The van der Waals surface area contributed by atoms with Gasteiger partial charge in [-0.3, -0.25) is 4.79 Å². The molecular formula is C11H12FN3O. The second-order valence-corrected chi connectivity index (χ2v) is 3.15. The zero-order valence-corrected chi connectivity index (χ0v) is 8.88. The highest BCUT2D eigenvalue weighted by Crippen LogP contribution is 2.12. The third kappa shape index (κ3) is 3.58. The number of hydrogen-bond acceptors (Lipinski definition) is 3. The molecule has 0 aliphatic rings. The first-order valence-corrected chi connectivity index (χ1v) is 4.87. The Balaban J connectivity index is 2.64. The summed E-state index contributed by atoms with van der Waals surface area (Å²) in [4.78, 5) is 11.1. The first-order valence-electron chi connectivity index (χ1n) is 4.87. The van der Waals surface area contributed by atoms with E-state index in [1.54, 1.807) is 0 Å². The molecule has 0 fully saturated rings. The van der Waals surface area contributed by atoms with Gasteiger partial charge < -0.3 is 10.6 Å². The summed E-state index contributed by atoms with van der Waals surface area (Å²) >= 11 is 0. The highest BCUT2D eigenvalue weighted by Gasteiger charge is 2.02. The van der Waals surface area contributed by atoms with E-state index in [0.717, 1.165) is 6.07 Å². The molecule has 0 aromatic heterocycles. The Hall–Kier alpha value is -2.09. The summed E-state index contributed by atoms with van der Waals surface area (Å²) in [5.74, 6) is -0.678. The average Bonchev–Trinajstić information content (AvgIpc) is 2.26. The molecule has 0 spiro atoms. The number of nitriles is 1. The van der Waals surface area contributed by atoms with Crippen molar-refractivity contribution in [3.63, 3.8) is 0 Å². The van der Waals surface area contributed by atoms with Crippen LogP contribution in [0.3, 0.4) is 0 Å². The number of nitrogens with zero attached hydrogens (tertiary/aromatic N) is 1. The van der Waals surface area contributed by atoms with Gasteiger partial charge in [0.2, 0.25) is 5.91 Å². The minimum atomic E-state index is -0.502. The van der Waals surface area contributed by atoms with E-state index in [9.17, 15) is 9.18 Å². The summed E-state index contributed by atoms with van der Waals surface area (Å²) in [5.41, 5.74) is 0.640. The lowest BCUT2D eigenvalue weighted by Crippen LogP contribution is -2.29. The zero-order valence-electron chi connectivity index (χ0n) is 8.88. The molecule has 1 aromatic rings. The van der Waals surface area contributed by atoms with Gasteiger partial charge in [-0.05, 0) is 25.1 Å². The molecule has 0 aliphatic carbocycles. The highest BCUT2D eigenvalue weighted by atomic mass is 19.1. The molecule has 5 heteroatoms. The van der Waals surface area contributed by atoms with Crippen LogP contribution in [0, 0.1) is 17.1 Å². The molecule has 0 radical (unpaired) electrons. The number of likely N-dealkylation sites (N-methyl/N-ethyl adjacent to an activating group) is 1. The summed E-state index contributed by atoms with van der Waals surface area (Å²) in [7, 11) is 0. The molecule has 0 atom stereocenters. The monoisotopic (exact) mass is 221 g/mol. The lowest BCUT2D eigenvalue weighted by Gasteiger charge is -2.06. The first kappa shape index (κ1) is 12.0. The molecule has 0 saturated carbocycles. The normalized spacial score (nSPS) is 9.31. The maximum atomic E-state index is 13.0. The molecule has 84 valence electrons. The van der Waals surface area contributed by atoms with Gasteiger partial charge in [0.25, 0.3) is 0 Å². The Bertz CT molecular complexity index is 426. The summed E-state index contributed by atoms with van der Waals surface area (Å²) in [6.07, 6.45) is 0. The zero-order chi connectivity index (χ0) is 12.0. The van der Waals surface area contributed by atoms with E-state index in [0.29, 0.717) is 12.2 Å². The molecule has 16 heavy (non-hydrogen) atoms. The van der Waals surface area contributed by atoms with E-state index < -0.39 is 5.82 Å². The van der Waals surface area contributed by atoms with E-state index in [1.807, 2.05) is 13.0 Å². The van der Waals surface area contributed by atoms with Crippen molar-refractivity contribution in [2.24, 2.45) is 0 Å². The molecule has 0 bridgehead atoms. The fraction of sp³-hybridized carbons (Fsp3) is 0.273. The highest BCUT2D eigenvalue weighted by molar-refractivity contribution is 5.80. The van der Waals surface area contributed by atoms with Crippen LogP contribution >= 0.6 is 0 Å². The minimum absolute atomic E-state index is 0.0577. The fourth-order valence-electron chi connectivity index (χ4n) is 1.20. The SMILES string of the molecule is CCNC(=O)CNc1cc(F)cc(C#N)c1. The topological polar surface area (TPSA) is 64.9 Å². The van der Waals surface area contributed by atoms with Gasteiger partial charge in [-0.1, -0.05) is 0 Å². The van der Waals surface area contributed by atoms with Gasteiger partial charge in [-0.2, -0.15) is 5.26 Å². The van der Waals surface area contributed by atoms with Crippen LogP contribution in [-0.4, -0.2) is 19.0 Å². The Labute approximate surface area is 93.1 Å². The van der Waals surface area contributed by atoms with Crippen LogP contribution in [0.1, 0.15) is 12.5 Å². The standard InChI is InChI=1S/C11H12FN3O/c1-2-14-11(16)7-15-10-4-8(6-13)3-9(12)5-10/h3-5,15H,2,7H2,1H3,(H,14,16). The minimum Gasteiger partial charge on any atom is -0.376 e. The van der Waals surface area contributed by atoms with E-state index in [-0.39, 0.29) is 18.0 Å². The third-order valence-corrected chi connectivity index (χ3v) is 1.85. The Morgan fingerprint density at radius 1 is 1.50 bits per heavy atom. The Morgan fingerprint density at radius 3 is 2.88 bits per heavy atom. The molecule has 0 saturated heterocycles. The van der Waals surface area contributed by atoms with Crippen LogP contribution in [0.2, 0.25) is 0 Å². The number of nitrogens with one attached hydrogen (secondary N) is 2. The number of hydrogen-bond donors (Lipinski definition) is 2. The van der Waals surface area contributed by atoms with Crippen LogP contribution in [0.15, 0.2) is 18.2 Å². The van der Waals surface area contributed by atoms with Gasteiger partial charge >= 0.3 is 0 Å². The molecular weight excluding hydrogens is 209 g/mol. The van der Waals surface area contributed by atoms with Crippen molar-refractivity contribution in [2.45, 2.75) is 6.92 Å². The van der Waals surface area contributed by atoms with Crippen LogP contribution < -0.4 is 10.6 Å². The quantitative estimate of drug-likeness (QED) is 0.804. The maximum absolute atomic E-state index is 13.0. The van der Waals surface area contributed by atoms with Gasteiger partial charge in [-0.15, -0.1) is 0 Å². The predicted octanol–water partition coefficient (Wildman–Crippen LogP) is 1.25. The summed E-state index contributed by atoms with van der Waals surface area (Å²) < 4.78 is 13.0. The van der Waals surface area contributed by atoms with Gasteiger partial charge in [-0.25, -0.2) is 4.39 Å².